The molecule has 0 aromatic carbocycles. The topological polar surface area (TPSA) is 0 Å². The van der Waals surface area contributed by atoms with E-state index >= 15 is 0 Å². The summed E-state index contributed by atoms with van der Waals surface area (Å²) in [7, 11) is 0. The van der Waals surface area contributed by atoms with E-state index in [0.29, 0.717) is 0 Å². The fraction of sp³-hybridized carbons (Fsp3) is 0. The van der Waals surface area contributed by atoms with E-state index in [0.717, 1.165) is 0 Å². The summed E-state index contributed by atoms with van der Waals surface area (Å²) >= 11 is 0. The van der Waals surface area contributed by atoms with Crippen molar-refractivity contribution in [3.8, 4) is 0 Å². The van der Waals surface area contributed by atoms with Gasteiger partial charge in [-0.05, 0) is 0 Å². The second-order valence-corrected chi connectivity index (χ2v) is 0. The molecule has 0 unspecified atom stereocenters. The molecule has 5 heteroatoms. The van der Waals surface area contributed by atoms with Gasteiger partial charge in [-0.1, -0.05) is 0 Å². The number of rotatable bonds is 0. The van der Waals surface area contributed by atoms with Crippen molar-refractivity contribution >= 4 is 24.8 Å². The molecule has 0 nitrogen and oxygen atoms in total. The Hall–Kier alpha value is 0.110. The van der Waals surface area contributed by atoms with E-state index in [1.807, 2.05) is 0 Å². The first-order valence-electron chi connectivity index (χ1n) is 0.500. The fourth-order valence-corrected chi connectivity index (χ4v) is 0. The van der Waals surface area contributed by atoms with Gasteiger partial charge in [-0.3, -0.25) is 14.1 Å². The van der Waals surface area contributed by atoms with Crippen LogP contribution in [0.5, 0.6) is 0 Å². The van der Waals surface area contributed by atoms with Crippen molar-refractivity contribution in [2.75, 3.05) is 0 Å². The Balaban J connectivity index is -0.000000000500. The van der Waals surface area contributed by atoms with Gasteiger partial charge >= 0.3 is 0 Å². The predicted octanol–water partition coefficient (Wildman–Crippen LogP) is 2.10. The SMILES string of the molecule is C=C.Cl.Cl.F.F.F. The van der Waals surface area contributed by atoms with Crippen molar-refractivity contribution in [3.05, 3.63) is 13.2 Å². The molecular weight excluding hydrogens is 152 g/mol. The van der Waals surface area contributed by atoms with E-state index in [1.165, 1.54) is 0 Å². The highest BCUT2D eigenvalue weighted by molar-refractivity contribution is 5.85. The molecule has 0 saturated carbocycles. The van der Waals surface area contributed by atoms with Crippen LogP contribution >= 0.6 is 24.8 Å². The summed E-state index contributed by atoms with van der Waals surface area (Å²) in [6.45, 7) is 6.00. The molecular formula is C2H9Cl2F3. The maximum absolute atomic E-state index is 3.00. The Kier molecular flexibility index (Phi) is 406000. The van der Waals surface area contributed by atoms with Gasteiger partial charge in [0, 0.05) is 0 Å². The standard InChI is InChI=1S/C2H4.2ClH.3FH/c1-2;;;;;/h1-2H2;5*1H. The molecule has 0 N–H and O–H groups in total. The molecule has 0 aromatic rings. The molecule has 0 bridgehead atoms. The Morgan fingerprint density at radius 2 is 0.571 bits per heavy atom. The minimum absolute atomic E-state index is 0. The third-order valence-corrected chi connectivity index (χ3v) is 0. The minimum atomic E-state index is 0. The molecule has 0 spiro atoms. The zero-order valence-corrected chi connectivity index (χ0v) is 5.09. The lowest BCUT2D eigenvalue weighted by Crippen LogP contribution is -0.552. The molecule has 0 amide bonds. The molecule has 0 aliphatic carbocycles. The van der Waals surface area contributed by atoms with Crippen molar-refractivity contribution < 1.29 is 14.1 Å². The van der Waals surface area contributed by atoms with Gasteiger partial charge in [0.05, 0.1) is 0 Å². The van der Waals surface area contributed by atoms with Crippen molar-refractivity contribution in [2.24, 2.45) is 0 Å². The van der Waals surface area contributed by atoms with Gasteiger partial charge in [0.2, 0.25) is 0 Å². The van der Waals surface area contributed by atoms with Gasteiger partial charge in [0.1, 0.15) is 0 Å². The van der Waals surface area contributed by atoms with Crippen molar-refractivity contribution in [3.63, 3.8) is 0 Å². The summed E-state index contributed by atoms with van der Waals surface area (Å²) in [5.41, 5.74) is 0. The summed E-state index contributed by atoms with van der Waals surface area (Å²) in [5.74, 6) is 0. The molecule has 7 heavy (non-hydrogen) atoms. The maximum atomic E-state index is 3.00. The Morgan fingerprint density at radius 3 is 0.571 bits per heavy atom. The van der Waals surface area contributed by atoms with E-state index in [9.17, 15) is 0 Å². The lowest BCUT2D eigenvalue weighted by molar-refractivity contribution is 1.11. The van der Waals surface area contributed by atoms with Crippen LogP contribution in [-0.2, 0) is 0 Å². The molecule has 0 atom stereocenters. The van der Waals surface area contributed by atoms with Crippen molar-refractivity contribution in [1.82, 2.24) is 0 Å². The van der Waals surface area contributed by atoms with Gasteiger partial charge in [-0.15, -0.1) is 38.0 Å². The molecule has 0 fully saturated rings. The molecule has 0 aliphatic heterocycles. The second kappa shape index (κ2) is 13200. The van der Waals surface area contributed by atoms with Gasteiger partial charge < -0.3 is 0 Å². The third kappa shape index (κ3) is 8530. The van der Waals surface area contributed by atoms with Crippen LogP contribution in [0, 0.1) is 0 Å². The van der Waals surface area contributed by atoms with E-state index in [-0.39, 0.29) is 38.9 Å². The summed E-state index contributed by atoms with van der Waals surface area (Å²) in [6.07, 6.45) is 0. The zero-order chi connectivity index (χ0) is 2.00. The van der Waals surface area contributed by atoms with Crippen LogP contribution in [0.15, 0.2) is 13.2 Å². The summed E-state index contributed by atoms with van der Waals surface area (Å²) in [4.78, 5) is 0. The normalized spacial score (nSPS) is 0.571. The highest BCUT2D eigenvalue weighted by Gasteiger charge is 0.601. The van der Waals surface area contributed by atoms with Crippen LogP contribution in [0.25, 0.3) is 0 Å². The van der Waals surface area contributed by atoms with Crippen LogP contribution in [0.1, 0.15) is 0 Å². The Bertz CT molecular complexity index is 10.9. The van der Waals surface area contributed by atoms with Crippen molar-refractivity contribution in [2.45, 2.75) is 0 Å². The van der Waals surface area contributed by atoms with E-state index in [4.69, 9.17) is 0 Å². The van der Waals surface area contributed by atoms with Gasteiger partial charge in [0.25, 0.3) is 0 Å². The minimum Gasteiger partial charge on any atom is -0.269 e. The first-order valence-corrected chi connectivity index (χ1v) is 0.500. The molecule has 0 aliphatic rings. The van der Waals surface area contributed by atoms with Crippen molar-refractivity contribution in [1.29, 1.82) is 0 Å². The lowest BCUT2D eigenvalue weighted by atomic mass is 11.3. The van der Waals surface area contributed by atoms with Gasteiger partial charge in [0.15, 0.2) is 0 Å². The summed E-state index contributed by atoms with van der Waals surface area (Å²) in [5, 5.41) is 0. The quantitative estimate of drug-likeness (QED) is 0.477. The van der Waals surface area contributed by atoms with Gasteiger partial charge in [-0.25, -0.2) is 0 Å². The Morgan fingerprint density at radius 1 is 0.571 bits per heavy atom. The fourth-order valence-electron chi connectivity index (χ4n) is 0. The zero-order valence-electron chi connectivity index (χ0n) is 3.46. The van der Waals surface area contributed by atoms with Gasteiger partial charge in [-0.2, -0.15) is 0 Å². The van der Waals surface area contributed by atoms with Crippen LogP contribution in [0.4, 0.5) is 14.1 Å². The first-order chi connectivity index (χ1) is 1.00. The molecule has 0 aromatic heterocycles. The molecule has 52 valence electrons. The van der Waals surface area contributed by atoms with E-state index < -0.39 is 0 Å². The number of hydrogen-bond donors (Lipinski definition) is 0. The monoisotopic (exact) mass is 160 g/mol. The summed E-state index contributed by atoms with van der Waals surface area (Å²) < 4.78 is 0. The second-order valence-electron chi connectivity index (χ2n) is 0. The van der Waals surface area contributed by atoms with Crippen LogP contribution in [0.2, 0.25) is 0 Å². The molecule has 0 rings (SSSR count). The number of hydrogen-bond acceptors (Lipinski definition) is 0. The summed E-state index contributed by atoms with van der Waals surface area (Å²) in [6, 6.07) is 0. The number of halogens is 5. The predicted molar refractivity (Wildman–Crippen MR) is 33.3 cm³/mol. The lowest BCUT2D eigenvalue weighted by Gasteiger charge is -0.813. The molecule has 0 heterocycles. The average Bonchev–Trinajstić information content (AvgIpc) is 1.00. The van der Waals surface area contributed by atoms with Crippen LogP contribution < -0.4 is 0 Å². The maximum Gasteiger partial charge on any atom is -0.106 e. The van der Waals surface area contributed by atoms with E-state index in [1.54, 1.807) is 0 Å². The first kappa shape index (κ1) is 215. The highest BCUT2D eigenvalue weighted by atomic mass is 35.5. The average molecular weight is 161 g/mol. The third-order valence-electron chi connectivity index (χ3n) is 0. The Labute approximate surface area is 52.9 Å². The molecule has 0 radical (unpaired) electrons. The van der Waals surface area contributed by atoms with Crippen LogP contribution in [-0.4, -0.2) is 0 Å². The van der Waals surface area contributed by atoms with E-state index in [2.05, 4.69) is 13.2 Å². The smallest absolute Gasteiger partial charge is 0.106 e. The molecule has 0 saturated heterocycles. The highest BCUT2D eigenvalue weighted by Crippen LogP contribution is 0.862. The largest absolute Gasteiger partial charge is 0.269 e. The van der Waals surface area contributed by atoms with Crippen LogP contribution in [0.3, 0.4) is 0 Å².